The van der Waals surface area contributed by atoms with Crippen LogP contribution in [0.5, 0.6) is 11.5 Å². The summed E-state index contributed by atoms with van der Waals surface area (Å²) in [6.07, 6.45) is 0.590. The van der Waals surface area contributed by atoms with E-state index in [2.05, 4.69) is 84.9 Å². The lowest BCUT2D eigenvalue weighted by Crippen LogP contribution is -2.32. The Morgan fingerprint density at radius 2 is 1.31 bits per heavy atom. The van der Waals surface area contributed by atoms with Crippen molar-refractivity contribution in [3.8, 4) is 22.6 Å². The predicted molar refractivity (Wildman–Crippen MR) is 152 cm³/mol. The van der Waals surface area contributed by atoms with Crippen LogP contribution in [0.15, 0.2) is 97.1 Å². The molecule has 2 atom stereocenters. The van der Waals surface area contributed by atoms with Gasteiger partial charge in [0, 0.05) is 19.6 Å². The van der Waals surface area contributed by atoms with Crippen molar-refractivity contribution >= 4 is 0 Å². The highest BCUT2D eigenvalue weighted by Gasteiger charge is 2.45. The van der Waals surface area contributed by atoms with E-state index >= 15 is 0 Å². The fourth-order valence-corrected chi connectivity index (χ4v) is 5.73. The van der Waals surface area contributed by atoms with E-state index in [0.29, 0.717) is 19.0 Å². The van der Waals surface area contributed by atoms with E-state index in [1.54, 1.807) is 0 Å². The summed E-state index contributed by atoms with van der Waals surface area (Å²) in [4.78, 5) is 0. The summed E-state index contributed by atoms with van der Waals surface area (Å²) in [7, 11) is 0. The minimum Gasteiger partial charge on any atom is -0.491 e. The number of benzene rings is 4. The van der Waals surface area contributed by atoms with E-state index in [1.165, 1.54) is 27.8 Å². The number of hydrogen-bond acceptors (Lipinski definition) is 5. The maximum absolute atomic E-state index is 10.1. The van der Waals surface area contributed by atoms with Crippen molar-refractivity contribution in [3.05, 3.63) is 119 Å². The Hall–Kier alpha value is -3.64. The Labute approximate surface area is 229 Å². The summed E-state index contributed by atoms with van der Waals surface area (Å²) >= 11 is 0. The van der Waals surface area contributed by atoms with Crippen LogP contribution in [0.3, 0.4) is 0 Å². The zero-order valence-electron chi connectivity index (χ0n) is 22.2. The van der Waals surface area contributed by atoms with Gasteiger partial charge in [0.15, 0.2) is 0 Å². The van der Waals surface area contributed by atoms with Crippen molar-refractivity contribution in [2.45, 2.75) is 31.0 Å². The topological polar surface area (TPSA) is 57.2 Å². The van der Waals surface area contributed by atoms with E-state index in [0.717, 1.165) is 24.3 Å². The van der Waals surface area contributed by atoms with Crippen molar-refractivity contribution in [1.29, 1.82) is 0 Å². The number of aliphatic hydroxyl groups excluding tert-OH is 1. The van der Waals surface area contributed by atoms with Gasteiger partial charge in [-0.2, -0.15) is 0 Å². The van der Waals surface area contributed by atoms with Crippen LogP contribution in [-0.4, -0.2) is 50.3 Å². The molecule has 2 aliphatic rings. The first-order valence-corrected chi connectivity index (χ1v) is 13.7. The van der Waals surface area contributed by atoms with Gasteiger partial charge >= 0.3 is 0 Å². The average Bonchev–Trinajstić information content (AvgIpc) is 3.26. The van der Waals surface area contributed by atoms with E-state index < -0.39 is 11.5 Å². The zero-order chi connectivity index (χ0) is 26.7. The second-order valence-corrected chi connectivity index (χ2v) is 10.1. The SMILES string of the molecule is CCOCC(O)COc1ccc(C2(c3ccc(OCC4CCO4)cc3)c3ccccc3-c3ccccc32)cc1. The number of aliphatic hydroxyl groups is 1. The molecule has 5 nitrogen and oxygen atoms in total. The first-order chi connectivity index (χ1) is 19.2. The molecule has 1 saturated heterocycles. The average molecular weight is 523 g/mol. The van der Waals surface area contributed by atoms with Crippen LogP contribution in [-0.2, 0) is 14.9 Å². The van der Waals surface area contributed by atoms with Crippen LogP contribution in [0.25, 0.3) is 11.1 Å². The van der Waals surface area contributed by atoms with Crippen molar-refractivity contribution < 1.29 is 24.1 Å². The molecule has 0 spiro atoms. The molecule has 2 unspecified atom stereocenters. The summed E-state index contributed by atoms with van der Waals surface area (Å²) in [6, 6.07) is 34.1. The largest absolute Gasteiger partial charge is 0.491 e. The molecule has 0 aromatic heterocycles. The maximum atomic E-state index is 10.1. The predicted octanol–water partition coefficient (Wildman–Crippen LogP) is 5.99. The highest BCUT2D eigenvalue weighted by molar-refractivity contribution is 5.86. The van der Waals surface area contributed by atoms with Gasteiger partial charge in [0.25, 0.3) is 0 Å². The van der Waals surface area contributed by atoms with Crippen molar-refractivity contribution in [2.75, 3.05) is 33.0 Å². The molecule has 0 saturated carbocycles. The van der Waals surface area contributed by atoms with Crippen LogP contribution >= 0.6 is 0 Å². The molecule has 1 fully saturated rings. The highest BCUT2D eigenvalue weighted by atomic mass is 16.5. The monoisotopic (exact) mass is 522 g/mol. The van der Waals surface area contributed by atoms with Crippen molar-refractivity contribution in [2.24, 2.45) is 0 Å². The lowest BCUT2D eigenvalue weighted by atomic mass is 9.68. The van der Waals surface area contributed by atoms with Gasteiger partial charge in [-0.05, 0) is 64.6 Å². The minimum absolute atomic E-state index is 0.184. The van der Waals surface area contributed by atoms with Crippen LogP contribution in [0.2, 0.25) is 0 Å². The Morgan fingerprint density at radius 1 is 0.769 bits per heavy atom. The van der Waals surface area contributed by atoms with Gasteiger partial charge in [-0.25, -0.2) is 0 Å². The molecule has 0 bridgehead atoms. The summed E-state index contributed by atoms with van der Waals surface area (Å²) in [5.41, 5.74) is 6.83. The molecule has 1 heterocycles. The lowest BCUT2D eigenvalue weighted by Gasteiger charge is -2.34. The van der Waals surface area contributed by atoms with Crippen LogP contribution in [0.1, 0.15) is 35.6 Å². The summed E-state index contributed by atoms with van der Waals surface area (Å²) in [5.74, 6) is 1.56. The summed E-state index contributed by atoms with van der Waals surface area (Å²) in [6.45, 7) is 4.33. The van der Waals surface area contributed by atoms with Crippen LogP contribution in [0, 0.1) is 0 Å². The molecule has 4 aromatic rings. The fraction of sp³-hybridized carbons (Fsp3) is 0.294. The standard InChI is InChI=1S/C34H34O5/c1-2-36-21-26(35)22-38-27-15-11-24(12-16-27)34(25-13-17-28(18-14-25)39-23-29-19-20-37-29)32-9-5-3-7-30(32)31-8-4-6-10-33(31)34/h3-18,26,29,35H,2,19-23H2,1H3. The van der Waals surface area contributed by atoms with Gasteiger partial charge < -0.3 is 24.1 Å². The molecule has 1 aliphatic heterocycles. The van der Waals surface area contributed by atoms with Gasteiger partial charge in [0.2, 0.25) is 0 Å². The molecule has 1 N–H and O–H groups in total. The third-order valence-electron chi connectivity index (χ3n) is 7.71. The first-order valence-electron chi connectivity index (χ1n) is 13.7. The Bertz CT molecular complexity index is 1350. The third kappa shape index (κ3) is 4.82. The van der Waals surface area contributed by atoms with Crippen LogP contribution < -0.4 is 9.47 Å². The zero-order valence-corrected chi connectivity index (χ0v) is 22.2. The summed E-state index contributed by atoms with van der Waals surface area (Å²) in [5, 5.41) is 10.1. The van der Waals surface area contributed by atoms with Gasteiger partial charge in [-0.3, -0.25) is 0 Å². The maximum Gasteiger partial charge on any atom is 0.119 e. The van der Waals surface area contributed by atoms with E-state index in [-0.39, 0.29) is 19.3 Å². The second-order valence-electron chi connectivity index (χ2n) is 10.1. The molecule has 39 heavy (non-hydrogen) atoms. The van der Waals surface area contributed by atoms with E-state index in [9.17, 15) is 5.11 Å². The Balaban J connectivity index is 1.38. The van der Waals surface area contributed by atoms with Crippen LogP contribution in [0.4, 0.5) is 0 Å². The quantitative estimate of drug-likeness (QED) is 0.231. The number of rotatable bonds is 11. The number of hydrogen-bond donors (Lipinski definition) is 1. The molecule has 6 rings (SSSR count). The first kappa shape index (κ1) is 25.6. The smallest absolute Gasteiger partial charge is 0.119 e. The molecule has 5 heteroatoms. The highest BCUT2D eigenvalue weighted by Crippen LogP contribution is 2.56. The molecule has 200 valence electrons. The van der Waals surface area contributed by atoms with Crippen molar-refractivity contribution in [3.63, 3.8) is 0 Å². The minimum atomic E-state index is -0.666. The molecule has 0 amide bonds. The Morgan fingerprint density at radius 3 is 1.82 bits per heavy atom. The van der Waals surface area contributed by atoms with E-state index in [4.69, 9.17) is 18.9 Å². The molecular weight excluding hydrogens is 488 g/mol. The fourth-order valence-electron chi connectivity index (χ4n) is 5.73. The second kappa shape index (κ2) is 11.2. The van der Waals surface area contributed by atoms with Crippen molar-refractivity contribution in [1.82, 2.24) is 0 Å². The third-order valence-corrected chi connectivity index (χ3v) is 7.71. The number of fused-ring (bicyclic) bond motifs is 3. The normalized spacial score (nSPS) is 17.5. The molecule has 0 radical (unpaired) electrons. The lowest BCUT2D eigenvalue weighted by molar-refractivity contribution is -0.0720. The number of ether oxygens (including phenoxy) is 4. The van der Waals surface area contributed by atoms with Gasteiger partial charge in [-0.1, -0.05) is 72.8 Å². The van der Waals surface area contributed by atoms with Gasteiger partial charge in [0.1, 0.15) is 30.8 Å². The van der Waals surface area contributed by atoms with E-state index in [1.807, 2.05) is 19.1 Å². The van der Waals surface area contributed by atoms with Gasteiger partial charge in [0.05, 0.1) is 18.1 Å². The van der Waals surface area contributed by atoms with Gasteiger partial charge in [-0.15, -0.1) is 0 Å². The Kier molecular flexibility index (Phi) is 7.38. The molecule has 1 aliphatic carbocycles. The molecule has 4 aromatic carbocycles. The molecular formula is C34H34O5. The summed E-state index contributed by atoms with van der Waals surface area (Å²) < 4.78 is 22.7.